The Labute approximate surface area is 222 Å². The van der Waals surface area contributed by atoms with Gasteiger partial charge in [-0.1, -0.05) is 23.7 Å². The van der Waals surface area contributed by atoms with Crippen LogP contribution in [-0.2, 0) is 9.59 Å². The molecule has 0 radical (unpaired) electrons. The van der Waals surface area contributed by atoms with Gasteiger partial charge >= 0.3 is 0 Å². The van der Waals surface area contributed by atoms with Gasteiger partial charge in [0.15, 0.2) is 0 Å². The van der Waals surface area contributed by atoms with Crippen molar-refractivity contribution in [2.24, 2.45) is 0 Å². The normalized spacial score (nSPS) is 16.8. The first-order valence-corrected chi connectivity index (χ1v) is 12.1. The number of anilines is 2. The van der Waals surface area contributed by atoms with Crippen LogP contribution >= 0.6 is 27.5 Å². The SMILES string of the molecule is COc1ccc(N2C(=O)C(=O)/C(=C(/O)c3ccc(OC)c(Br)c3)C2c2ccc(N(C)C)cc2)cc1Cl. The molecule has 0 aliphatic carbocycles. The fourth-order valence-corrected chi connectivity index (χ4v) is 4.94. The molecule has 7 nitrogen and oxygen atoms in total. The zero-order valence-electron chi connectivity index (χ0n) is 20.1. The molecular weight excluding hydrogens is 548 g/mol. The Hall–Kier alpha value is -3.49. The van der Waals surface area contributed by atoms with Gasteiger partial charge < -0.3 is 19.5 Å². The minimum Gasteiger partial charge on any atom is -0.507 e. The Morgan fingerprint density at radius 3 is 2.17 bits per heavy atom. The van der Waals surface area contributed by atoms with Gasteiger partial charge in [-0.3, -0.25) is 14.5 Å². The quantitative estimate of drug-likeness (QED) is 0.228. The van der Waals surface area contributed by atoms with Gasteiger partial charge in [0.1, 0.15) is 17.3 Å². The van der Waals surface area contributed by atoms with Crippen molar-refractivity contribution in [3.63, 3.8) is 0 Å². The summed E-state index contributed by atoms with van der Waals surface area (Å²) in [5.74, 6) is -0.858. The number of aliphatic hydroxyl groups is 1. The number of rotatable bonds is 6. The molecule has 1 saturated heterocycles. The van der Waals surface area contributed by atoms with Crippen molar-refractivity contribution in [3.8, 4) is 11.5 Å². The summed E-state index contributed by atoms with van der Waals surface area (Å²) in [6.07, 6.45) is 0. The minimum atomic E-state index is -0.883. The first kappa shape index (κ1) is 25.6. The summed E-state index contributed by atoms with van der Waals surface area (Å²) in [7, 11) is 6.86. The van der Waals surface area contributed by atoms with Gasteiger partial charge in [0.05, 0.1) is 35.3 Å². The van der Waals surface area contributed by atoms with Gasteiger partial charge in [-0.05, 0) is 70.0 Å². The number of carbonyl (C=O) groups excluding carboxylic acids is 2. The van der Waals surface area contributed by atoms with E-state index in [-0.39, 0.29) is 16.4 Å². The summed E-state index contributed by atoms with van der Waals surface area (Å²) in [4.78, 5) is 30.0. The Morgan fingerprint density at radius 1 is 0.972 bits per heavy atom. The number of carbonyl (C=O) groups is 2. The summed E-state index contributed by atoms with van der Waals surface area (Å²) < 4.78 is 11.1. The maximum atomic E-state index is 13.4. The average Bonchev–Trinajstić information content (AvgIpc) is 3.13. The van der Waals surface area contributed by atoms with E-state index in [1.54, 1.807) is 36.4 Å². The van der Waals surface area contributed by atoms with Crippen molar-refractivity contribution in [2.45, 2.75) is 6.04 Å². The molecule has 1 amide bonds. The number of methoxy groups -OCH3 is 2. The molecule has 0 bridgehead atoms. The van der Waals surface area contributed by atoms with Gasteiger partial charge in [-0.25, -0.2) is 0 Å². The van der Waals surface area contributed by atoms with Crippen molar-refractivity contribution in [1.82, 2.24) is 0 Å². The van der Waals surface area contributed by atoms with Crippen LogP contribution in [0.15, 0.2) is 70.7 Å². The third-order valence-electron chi connectivity index (χ3n) is 6.01. The fraction of sp³-hybridized carbons (Fsp3) is 0.185. The highest BCUT2D eigenvalue weighted by Crippen LogP contribution is 2.44. The van der Waals surface area contributed by atoms with E-state index in [0.29, 0.717) is 32.8 Å². The van der Waals surface area contributed by atoms with Crippen LogP contribution in [0.25, 0.3) is 5.76 Å². The second-order valence-corrected chi connectivity index (χ2v) is 9.58. The highest BCUT2D eigenvalue weighted by Gasteiger charge is 2.47. The number of ketones is 1. The molecule has 4 rings (SSSR count). The molecule has 9 heteroatoms. The Bertz CT molecular complexity index is 1370. The maximum absolute atomic E-state index is 13.4. The molecule has 1 aliphatic rings. The predicted octanol–water partition coefficient (Wildman–Crippen LogP) is 5.81. The van der Waals surface area contributed by atoms with Crippen LogP contribution in [0.1, 0.15) is 17.2 Å². The second kappa shape index (κ2) is 10.2. The first-order valence-electron chi connectivity index (χ1n) is 10.9. The van der Waals surface area contributed by atoms with Crippen LogP contribution in [0.4, 0.5) is 11.4 Å². The standard InChI is InChI=1S/C27H24BrClN2O5/c1-30(2)17-8-5-15(6-9-17)24-23(25(32)16-7-11-21(35-3)19(28)13-16)26(33)27(34)31(24)18-10-12-22(36-4)20(29)14-18/h5-14,24,32H,1-4H3/b25-23+. The van der Waals surface area contributed by atoms with Crippen LogP contribution in [0.2, 0.25) is 5.02 Å². The van der Waals surface area contributed by atoms with Crippen molar-refractivity contribution in [3.05, 3.63) is 86.9 Å². The molecule has 1 atom stereocenters. The lowest BCUT2D eigenvalue weighted by Crippen LogP contribution is -2.29. The van der Waals surface area contributed by atoms with E-state index < -0.39 is 17.7 Å². The molecular formula is C27H24BrClN2O5. The van der Waals surface area contributed by atoms with E-state index >= 15 is 0 Å². The van der Waals surface area contributed by atoms with Crippen LogP contribution in [0, 0.1) is 0 Å². The molecule has 0 saturated carbocycles. The van der Waals surface area contributed by atoms with E-state index in [1.165, 1.54) is 19.1 Å². The van der Waals surface area contributed by atoms with Crippen molar-refractivity contribution in [2.75, 3.05) is 38.1 Å². The van der Waals surface area contributed by atoms with Crippen molar-refractivity contribution < 1.29 is 24.2 Å². The molecule has 1 heterocycles. The Morgan fingerprint density at radius 2 is 1.61 bits per heavy atom. The number of aliphatic hydroxyl groups excluding tert-OH is 1. The summed E-state index contributed by atoms with van der Waals surface area (Å²) in [6.45, 7) is 0. The highest BCUT2D eigenvalue weighted by atomic mass is 79.9. The number of amides is 1. The number of hydrogen-bond donors (Lipinski definition) is 1. The van der Waals surface area contributed by atoms with E-state index in [4.69, 9.17) is 21.1 Å². The van der Waals surface area contributed by atoms with Gasteiger partial charge in [-0.2, -0.15) is 0 Å². The zero-order chi connectivity index (χ0) is 26.1. The number of ether oxygens (including phenoxy) is 2. The van der Waals surface area contributed by atoms with Crippen LogP contribution in [0.5, 0.6) is 11.5 Å². The first-order chi connectivity index (χ1) is 17.2. The predicted molar refractivity (Wildman–Crippen MR) is 144 cm³/mol. The smallest absolute Gasteiger partial charge is 0.300 e. The van der Waals surface area contributed by atoms with E-state index in [9.17, 15) is 14.7 Å². The number of halogens is 2. The number of benzene rings is 3. The molecule has 3 aromatic rings. The van der Waals surface area contributed by atoms with Crippen LogP contribution in [-0.4, -0.2) is 45.1 Å². The average molecular weight is 572 g/mol. The molecule has 3 aromatic carbocycles. The van der Waals surface area contributed by atoms with Gasteiger partial charge in [0.25, 0.3) is 11.7 Å². The molecule has 0 spiro atoms. The molecule has 1 unspecified atom stereocenters. The largest absolute Gasteiger partial charge is 0.507 e. The lowest BCUT2D eigenvalue weighted by Gasteiger charge is -2.26. The third kappa shape index (κ3) is 4.54. The zero-order valence-corrected chi connectivity index (χ0v) is 22.4. The lowest BCUT2D eigenvalue weighted by molar-refractivity contribution is -0.132. The molecule has 36 heavy (non-hydrogen) atoms. The van der Waals surface area contributed by atoms with E-state index in [0.717, 1.165) is 5.69 Å². The third-order valence-corrected chi connectivity index (χ3v) is 6.92. The van der Waals surface area contributed by atoms with Crippen molar-refractivity contribution in [1.29, 1.82) is 0 Å². The van der Waals surface area contributed by atoms with Crippen LogP contribution < -0.4 is 19.3 Å². The Kier molecular flexibility index (Phi) is 7.28. The van der Waals surface area contributed by atoms with E-state index in [1.807, 2.05) is 43.3 Å². The highest BCUT2D eigenvalue weighted by molar-refractivity contribution is 9.10. The minimum absolute atomic E-state index is 0.0263. The van der Waals surface area contributed by atoms with Crippen LogP contribution in [0.3, 0.4) is 0 Å². The molecule has 1 fully saturated rings. The maximum Gasteiger partial charge on any atom is 0.300 e. The molecule has 186 valence electrons. The van der Waals surface area contributed by atoms with Gasteiger partial charge in [0.2, 0.25) is 0 Å². The van der Waals surface area contributed by atoms with Gasteiger partial charge in [-0.15, -0.1) is 0 Å². The summed E-state index contributed by atoms with van der Waals surface area (Å²) in [6, 6.07) is 16.3. The summed E-state index contributed by atoms with van der Waals surface area (Å²) >= 11 is 9.76. The topological polar surface area (TPSA) is 79.3 Å². The van der Waals surface area contributed by atoms with Gasteiger partial charge in [0, 0.05) is 31.0 Å². The molecule has 1 N–H and O–H groups in total. The monoisotopic (exact) mass is 570 g/mol. The van der Waals surface area contributed by atoms with E-state index in [2.05, 4.69) is 15.9 Å². The summed E-state index contributed by atoms with van der Waals surface area (Å²) in [5.41, 5.74) is 2.34. The van der Waals surface area contributed by atoms with Crippen molar-refractivity contribution >= 4 is 56.4 Å². The lowest BCUT2D eigenvalue weighted by atomic mass is 9.95. The number of nitrogens with zero attached hydrogens (tertiary/aromatic N) is 2. The summed E-state index contributed by atoms with van der Waals surface area (Å²) in [5, 5.41) is 11.6. The number of hydrogen-bond acceptors (Lipinski definition) is 6. The molecule has 0 aromatic heterocycles. The fourth-order valence-electron chi connectivity index (χ4n) is 4.14. The number of Topliss-reactive ketones (excluding diaryl/α,β-unsaturated/α-hetero) is 1. The second-order valence-electron chi connectivity index (χ2n) is 8.32. The molecule has 1 aliphatic heterocycles. The Balaban J connectivity index is 1.93.